The Labute approximate surface area is 166 Å². The Morgan fingerprint density at radius 3 is 2.44 bits per heavy atom. The molecule has 136 valence electrons. The summed E-state index contributed by atoms with van der Waals surface area (Å²) in [6, 6.07) is 15.0. The van der Waals surface area contributed by atoms with Crippen molar-refractivity contribution in [2.45, 2.75) is 11.8 Å². The van der Waals surface area contributed by atoms with E-state index in [9.17, 15) is 8.42 Å². The van der Waals surface area contributed by atoms with Gasteiger partial charge < -0.3 is 4.18 Å². The van der Waals surface area contributed by atoms with Crippen LogP contribution >= 0.6 is 23.2 Å². The number of hydrogen-bond donors (Lipinski definition) is 0. The molecule has 0 aliphatic carbocycles. The predicted molar refractivity (Wildman–Crippen MR) is 108 cm³/mol. The van der Waals surface area contributed by atoms with Gasteiger partial charge in [0, 0.05) is 11.2 Å². The van der Waals surface area contributed by atoms with Crippen LogP contribution in [0.5, 0.6) is 5.75 Å². The number of aromatic nitrogens is 1. The van der Waals surface area contributed by atoms with E-state index < -0.39 is 10.1 Å². The molecule has 0 fully saturated rings. The minimum Gasteiger partial charge on any atom is -0.378 e. The molecule has 0 saturated carbocycles. The maximum atomic E-state index is 12.7. The van der Waals surface area contributed by atoms with Crippen molar-refractivity contribution in [3.63, 3.8) is 0 Å². The lowest BCUT2D eigenvalue weighted by Crippen LogP contribution is -2.10. The lowest BCUT2D eigenvalue weighted by atomic mass is 10.0. The molecule has 4 rings (SSSR count). The standard InChI is InChI=1S/C20H13Cl2NO3S/c1-12-9-16-13(10-17(12)21)11-18(19-15(16)7-8-23-20(19)22)26-27(24,25)14-5-3-2-4-6-14/h2-11H,1H3. The lowest BCUT2D eigenvalue weighted by Gasteiger charge is -2.13. The van der Waals surface area contributed by atoms with Crippen molar-refractivity contribution >= 4 is 54.9 Å². The molecule has 0 bridgehead atoms. The van der Waals surface area contributed by atoms with E-state index in [2.05, 4.69) is 4.98 Å². The zero-order chi connectivity index (χ0) is 19.2. The summed E-state index contributed by atoms with van der Waals surface area (Å²) in [6.45, 7) is 1.90. The van der Waals surface area contributed by atoms with Crippen LogP contribution in [0.25, 0.3) is 21.5 Å². The third kappa shape index (κ3) is 3.23. The number of pyridine rings is 1. The van der Waals surface area contributed by atoms with E-state index in [1.165, 1.54) is 12.1 Å². The average Bonchev–Trinajstić information content (AvgIpc) is 2.64. The highest BCUT2D eigenvalue weighted by atomic mass is 35.5. The molecule has 0 atom stereocenters. The van der Waals surface area contributed by atoms with E-state index in [4.69, 9.17) is 27.4 Å². The molecule has 0 amide bonds. The van der Waals surface area contributed by atoms with Crippen LogP contribution in [0.4, 0.5) is 0 Å². The van der Waals surface area contributed by atoms with Gasteiger partial charge in [-0.1, -0.05) is 41.4 Å². The number of hydrogen-bond acceptors (Lipinski definition) is 4. The fourth-order valence-electron chi connectivity index (χ4n) is 2.98. The summed E-state index contributed by atoms with van der Waals surface area (Å²) in [7, 11) is -4.03. The zero-order valence-corrected chi connectivity index (χ0v) is 16.4. The highest BCUT2D eigenvalue weighted by Crippen LogP contribution is 2.39. The van der Waals surface area contributed by atoms with Gasteiger partial charge in [0.1, 0.15) is 10.0 Å². The fourth-order valence-corrected chi connectivity index (χ4v) is 4.36. The first-order valence-electron chi connectivity index (χ1n) is 8.03. The number of nitrogens with zero attached hydrogens (tertiary/aromatic N) is 1. The van der Waals surface area contributed by atoms with Gasteiger partial charge in [-0.2, -0.15) is 8.42 Å². The highest BCUT2D eigenvalue weighted by Gasteiger charge is 2.20. The van der Waals surface area contributed by atoms with Crippen LogP contribution in [0.15, 0.2) is 65.7 Å². The molecule has 0 spiro atoms. The SMILES string of the molecule is Cc1cc2c(cc1Cl)cc(OS(=O)(=O)c1ccccc1)c1c(Cl)nccc12. The quantitative estimate of drug-likeness (QED) is 0.241. The van der Waals surface area contributed by atoms with E-state index in [-0.39, 0.29) is 15.8 Å². The lowest BCUT2D eigenvalue weighted by molar-refractivity contribution is 0.489. The molecule has 1 aromatic heterocycles. The van der Waals surface area contributed by atoms with Crippen LogP contribution in [0.1, 0.15) is 5.56 Å². The van der Waals surface area contributed by atoms with Gasteiger partial charge in [0.25, 0.3) is 0 Å². The Morgan fingerprint density at radius 2 is 1.70 bits per heavy atom. The second-order valence-electron chi connectivity index (χ2n) is 6.07. The van der Waals surface area contributed by atoms with Gasteiger partial charge in [0.2, 0.25) is 0 Å². The number of aryl methyl sites for hydroxylation is 1. The minimum atomic E-state index is -4.03. The maximum Gasteiger partial charge on any atom is 0.339 e. The molecule has 0 aliphatic heterocycles. The van der Waals surface area contributed by atoms with Gasteiger partial charge in [-0.3, -0.25) is 0 Å². The van der Waals surface area contributed by atoms with Crippen molar-refractivity contribution in [3.8, 4) is 5.75 Å². The molecule has 1 heterocycles. The van der Waals surface area contributed by atoms with Crippen molar-refractivity contribution in [3.05, 3.63) is 76.5 Å². The molecule has 4 aromatic rings. The Bertz CT molecular complexity index is 1290. The molecular weight excluding hydrogens is 405 g/mol. The van der Waals surface area contributed by atoms with Crippen LogP contribution in [-0.4, -0.2) is 13.4 Å². The number of benzene rings is 3. The number of halogens is 2. The molecule has 7 heteroatoms. The van der Waals surface area contributed by atoms with Gasteiger partial charge in [-0.05, 0) is 65.0 Å². The molecule has 0 unspecified atom stereocenters. The van der Waals surface area contributed by atoms with Crippen LogP contribution in [0.2, 0.25) is 10.2 Å². The van der Waals surface area contributed by atoms with E-state index in [0.29, 0.717) is 10.4 Å². The molecule has 4 nitrogen and oxygen atoms in total. The molecule has 3 aromatic carbocycles. The molecule has 0 saturated heterocycles. The van der Waals surface area contributed by atoms with Gasteiger partial charge in [0.05, 0.1) is 5.39 Å². The summed E-state index contributed by atoms with van der Waals surface area (Å²) >= 11 is 12.6. The number of rotatable bonds is 3. The van der Waals surface area contributed by atoms with Crippen molar-refractivity contribution in [2.75, 3.05) is 0 Å². The number of fused-ring (bicyclic) bond motifs is 3. The van der Waals surface area contributed by atoms with Crippen LogP contribution in [0, 0.1) is 6.92 Å². The van der Waals surface area contributed by atoms with Crippen molar-refractivity contribution in [2.24, 2.45) is 0 Å². The third-order valence-corrected chi connectivity index (χ3v) is 6.23. The van der Waals surface area contributed by atoms with Crippen LogP contribution in [0.3, 0.4) is 0 Å². The molecular formula is C20H13Cl2NO3S. The minimum absolute atomic E-state index is 0.0557. The van der Waals surface area contributed by atoms with E-state index in [1.54, 1.807) is 42.6 Å². The summed E-state index contributed by atoms with van der Waals surface area (Å²) < 4.78 is 30.9. The maximum absolute atomic E-state index is 12.7. The second-order valence-corrected chi connectivity index (χ2v) is 8.38. The van der Waals surface area contributed by atoms with Gasteiger partial charge >= 0.3 is 10.1 Å². The van der Waals surface area contributed by atoms with E-state index in [1.807, 2.05) is 13.0 Å². The third-order valence-electron chi connectivity index (χ3n) is 4.29. The highest BCUT2D eigenvalue weighted by molar-refractivity contribution is 7.87. The predicted octanol–water partition coefficient (Wildman–Crippen LogP) is 5.77. The first-order chi connectivity index (χ1) is 12.9. The molecule has 27 heavy (non-hydrogen) atoms. The Balaban J connectivity index is 2.01. The largest absolute Gasteiger partial charge is 0.378 e. The summed E-state index contributed by atoms with van der Waals surface area (Å²) in [4.78, 5) is 4.14. The summed E-state index contributed by atoms with van der Waals surface area (Å²) in [5.41, 5.74) is 0.906. The fraction of sp³-hybridized carbons (Fsp3) is 0.0500. The Morgan fingerprint density at radius 1 is 0.963 bits per heavy atom. The van der Waals surface area contributed by atoms with Gasteiger partial charge in [0.15, 0.2) is 5.75 Å². The second kappa shape index (κ2) is 6.68. The topological polar surface area (TPSA) is 56.3 Å². The summed E-state index contributed by atoms with van der Waals surface area (Å²) in [6.07, 6.45) is 1.57. The van der Waals surface area contributed by atoms with E-state index in [0.717, 1.165) is 21.7 Å². The molecule has 0 aliphatic rings. The Hall–Kier alpha value is -2.34. The smallest absolute Gasteiger partial charge is 0.339 e. The summed E-state index contributed by atoms with van der Waals surface area (Å²) in [5.74, 6) is 0.111. The van der Waals surface area contributed by atoms with Crippen molar-refractivity contribution < 1.29 is 12.6 Å². The first kappa shape index (κ1) is 18.0. The van der Waals surface area contributed by atoms with Crippen molar-refractivity contribution in [1.82, 2.24) is 4.98 Å². The zero-order valence-electron chi connectivity index (χ0n) is 14.1. The van der Waals surface area contributed by atoms with E-state index >= 15 is 0 Å². The summed E-state index contributed by atoms with van der Waals surface area (Å²) in [5, 5.41) is 3.57. The van der Waals surface area contributed by atoms with Crippen molar-refractivity contribution in [1.29, 1.82) is 0 Å². The van der Waals surface area contributed by atoms with Crippen LogP contribution < -0.4 is 4.18 Å². The van der Waals surface area contributed by atoms with Crippen LogP contribution in [-0.2, 0) is 10.1 Å². The normalized spacial score (nSPS) is 11.8. The molecule has 0 N–H and O–H groups in total. The first-order valence-corrected chi connectivity index (χ1v) is 10.2. The van der Waals surface area contributed by atoms with Gasteiger partial charge in [-0.15, -0.1) is 0 Å². The van der Waals surface area contributed by atoms with Gasteiger partial charge in [-0.25, -0.2) is 4.98 Å². The molecule has 0 radical (unpaired) electrons. The average molecular weight is 418 g/mol. The Kier molecular flexibility index (Phi) is 4.46. The monoisotopic (exact) mass is 417 g/mol.